The zero-order valence-electron chi connectivity index (χ0n) is 27.4. The van der Waals surface area contributed by atoms with Gasteiger partial charge in [0.05, 0.1) is 35.6 Å². The molecule has 2 saturated heterocycles. The average Bonchev–Trinajstić information content (AvgIpc) is 3.31. The number of carboxylic acid groups (broad SMARTS) is 1. The lowest BCUT2D eigenvalue weighted by molar-refractivity contribution is -0.229. The first-order valence-electron chi connectivity index (χ1n) is 16.2. The van der Waals surface area contributed by atoms with Crippen molar-refractivity contribution in [1.82, 2.24) is 0 Å². The Bertz CT molecular complexity index is 1160. The second-order valence-corrected chi connectivity index (χ2v) is 13.4. The van der Waals surface area contributed by atoms with Crippen molar-refractivity contribution in [1.29, 1.82) is 0 Å². The largest absolute Gasteiger partial charge is 0.507 e. The first-order chi connectivity index (χ1) is 20.1. The molecule has 1 aromatic carbocycles. The van der Waals surface area contributed by atoms with Gasteiger partial charge in [-0.2, -0.15) is 0 Å². The van der Waals surface area contributed by atoms with Gasteiger partial charge in [-0.25, -0.2) is 4.79 Å². The number of nitrogen functional groups attached to an aromatic ring is 1. The van der Waals surface area contributed by atoms with E-state index in [2.05, 4.69) is 13.8 Å². The summed E-state index contributed by atoms with van der Waals surface area (Å²) in [6.07, 6.45) is 2.99. The van der Waals surface area contributed by atoms with Crippen LogP contribution < -0.4 is 5.73 Å². The molecule has 0 saturated carbocycles. The van der Waals surface area contributed by atoms with Crippen molar-refractivity contribution < 1.29 is 39.5 Å². The number of nitrogens with two attached hydrogens (primary N) is 1. The average molecular weight is 606 g/mol. The predicted octanol–water partition coefficient (Wildman–Crippen LogP) is 5.42. The van der Waals surface area contributed by atoms with Crippen molar-refractivity contribution in [3.05, 3.63) is 22.8 Å². The smallest absolute Gasteiger partial charge is 0.339 e. The highest BCUT2D eigenvalue weighted by Gasteiger charge is 2.55. The van der Waals surface area contributed by atoms with Crippen LogP contribution in [0.1, 0.15) is 115 Å². The zero-order chi connectivity index (χ0) is 32.4. The number of aromatic carboxylic acids is 1. The minimum atomic E-state index is -1.26. The summed E-state index contributed by atoms with van der Waals surface area (Å²) in [5.74, 6) is -2.85. The number of carboxylic acids is 1. The third kappa shape index (κ3) is 6.90. The first-order valence-corrected chi connectivity index (χ1v) is 16.2. The van der Waals surface area contributed by atoms with Gasteiger partial charge >= 0.3 is 5.97 Å². The van der Waals surface area contributed by atoms with Gasteiger partial charge in [0.1, 0.15) is 17.1 Å². The quantitative estimate of drug-likeness (QED) is 0.146. The van der Waals surface area contributed by atoms with Gasteiger partial charge in [0.25, 0.3) is 0 Å². The fourth-order valence-corrected chi connectivity index (χ4v) is 7.62. The van der Waals surface area contributed by atoms with E-state index in [1.807, 2.05) is 27.7 Å². The Morgan fingerprint density at radius 2 is 1.81 bits per heavy atom. The lowest BCUT2D eigenvalue weighted by Crippen LogP contribution is -2.55. The monoisotopic (exact) mass is 605 g/mol. The summed E-state index contributed by atoms with van der Waals surface area (Å²) < 4.78 is 13.2. The van der Waals surface area contributed by atoms with Gasteiger partial charge in [-0.15, -0.1) is 0 Å². The summed E-state index contributed by atoms with van der Waals surface area (Å²) in [7, 11) is 0. The molecule has 9 nitrogen and oxygen atoms in total. The molecule has 10 atom stereocenters. The number of aliphatic hydroxyl groups excluding tert-OH is 1. The fourth-order valence-electron chi connectivity index (χ4n) is 7.62. The summed E-state index contributed by atoms with van der Waals surface area (Å²) in [6.45, 7) is 15.3. The highest BCUT2D eigenvalue weighted by Crippen LogP contribution is 2.48. The van der Waals surface area contributed by atoms with Crippen LogP contribution in [0.3, 0.4) is 0 Å². The molecule has 0 aliphatic carbocycles. The van der Waals surface area contributed by atoms with E-state index in [0.717, 1.165) is 12.8 Å². The predicted molar refractivity (Wildman–Crippen MR) is 166 cm³/mol. The lowest BCUT2D eigenvalue weighted by Gasteiger charge is -2.47. The topological polar surface area (TPSA) is 160 Å². The molecule has 2 aliphatic rings. The maximum atomic E-state index is 13.9. The Balaban J connectivity index is 1.71. The summed E-state index contributed by atoms with van der Waals surface area (Å²) in [5, 5.41) is 42.2. The molecule has 0 spiro atoms. The molecule has 0 aromatic heterocycles. The summed E-state index contributed by atoms with van der Waals surface area (Å²) in [6, 6.07) is 1.55. The third-order valence-corrected chi connectivity index (χ3v) is 10.8. The minimum Gasteiger partial charge on any atom is -0.507 e. The number of rotatable bonds is 13. The van der Waals surface area contributed by atoms with Crippen LogP contribution in [0.2, 0.25) is 0 Å². The van der Waals surface area contributed by atoms with Crippen molar-refractivity contribution >= 4 is 17.4 Å². The van der Waals surface area contributed by atoms with Crippen LogP contribution in [0.15, 0.2) is 6.07 Å². The van der Waals surface area contributed by atoms with Gasteiger partial charge in [0, 0.05) is 17.5 Å². The number of hydrogen-bond donors (Lipinski definition) is 5. The van der Waals surface area contributed by atoms with E-state index in [0.29, 0.717) is 43.2 Å². The number of Topliss-reactive ketones (excluding diaryl/α,β-unsaturated/α-hetero) is 1. The second kappa shape index (κ2) is 13.8. The SMILES string of the molecule is CC[C@@H](C(=O)[C@@H](C)[C@@H](O)[C@H](C)CCc1c(N)cc(C)c(O)c1C(=O)O)[C@H]1O[C@](CC)([C@H]2CC[C@](O)(CC)[C@H](C)O2)C[C@@H]1C. The number of ketones is 1. The molecule has 43 heavy (non-hydrogen) atoms. The number of aliphatic hydroxyl groups is 2. The molecular formula is C34H55NO8. The highest BCUT2D eigenvalue weighted by molar-refractivity contribution is 5.95. The van der Waals surface area contributed by atoms with Crippen LogP contribution >= 0.6 is 0 Å². The van der Waals surface area contributed by atoms with Crippen molar-refractivity contribution in [2.45, 2.75) is 142 Å². The zero-order valence-corrected chi connectivity index (χ0v) is 27.4. The maximum Gasteiger partial charge on any atom is 0.339 e. The highest BCUT2D eigenvalue weighted by atomic mass is 16.6. The van der Waals surface area contributed by atoms with Crippen molar-refractivity contribution in [3.8, 4) is 5.75 Å². The van der Waals surface area contributed by atoms with E-state index in [1.54, 1.807) is 19.9 Å². The van der Waals surface area contributed by atoms with Gasteiger partial charge < -0.3 is 35.6 Å². The van der Waals surface area contributed by atoms with Crippen LogP contribution in [0.5, 0.6) is 5.75 Å². The number of ether oxygens (including phenoxy) is 2. The Hall–Kier alpha value is -2.20. The van der Waals surface area contributed by atoms with Gasteiger partial charge in [-0.3, -0.25) is 4.79 Å². The fraction of sp³-hybridized carbons (Fsp3) is 0.765. The molecule has 0 unspecified atom stereocenters. The van der Waals surface area contributed by atoms with Crippen LogP contribution in [0.4, 0.5) is 5.69 Å². The van der Waals surface area contributed by atoms with Crippen molar-refractivity contribution in [2.24, 2.45) is 23.7 Å². The third-order valence-electron chi connectivity index (χ3n) is 10.8. The Morgan fingerprint density at radius 1 is 1.16 bits per heavy atom. The summed E-state index contributed by atoms with van der Waals surface area (Å²) in [5.41, 5.74) is 5.56. The minimum absolute atomic E-state index is 0.0392. The molecule has 0 bridgehead atoms. The molecule has 2 aliphatic heterocycles. The van der Waals surface area contributed by atoms with Crippen LogP contribution in [0, 0.1) is 30.6 Å². The molecule has 9 heteroatoms. The maximum absolute atomic E-state index is 13.9. The first kappa shape index (κ1) is 35.3. The number of carbonyl (C=O) groups excluding carboxylic acids is 1. The van der Waals surface area contributed by atoms with E-state index in [4.69, 9.17) is 15.2 Å². The molecular weight excluding hydrogens is 550 g/mol. The number of carbonyl (C=O) groups is 2. The number of benzene rings is 1. The van der Waals surface area contributed by atoms with E-state index in [-0.39, 0.29) is 59.4 Å². The molecule has 244 valence electrons. The van der Waals surface area contributed by atoms with Gasteiger partial charge in [-0.1, -0.05) is 41.5 Å². The van der Waals surface area contributed by atoms with Crippen molar-refractivity contribution in [2.75, 3.05) is 5.73 Å². The molecule has 2 heterocycles. The number of aryl methyl sites for hydroxylation is 1. The van der Waals surface area contributed by atoms with E-state index in [1.165, 1.54) is 0 Å². The molecule has 3 rings (SSSR count). The van der Waals surface area contributed by atoms with Crippen LogP contribution in [-0.2, 0) is 20.7 Å². The lowest BCUT2D eigenvalue weighted by atomic mass is 9.76. The molecule has 6 N–H and O–H groups in total. The standard InChI is InChI=1S/C34H55NO8/c1-9-23(31-20(6)17-34(11-3,43-31)26-14-15-33(41,10-2)22(8)42-26)30(38)21(7)28(36)18(4)12-13-24-25(35)16-19(5)29(37)27(24)32(39)40/h16,18,20-23,26,28,31,36-37,41H,9-15,17,35H2,1-8H3,(H,39,40)/t18-,20+,21+,22+,23+,26-,28+,31+,33-,34+/m1/s1. The van der Waals surface area contributed by atoms with E-state index in [9.17, 15) is 30.0 Å². The van der Waals surface area contributed by atoms with E-state index < -0.39 is 35.1 Å². The number of phenols is 1. The van der Waals surface area contributed by atoms with Gasteiger partial charge in [0.2, 0.25) is 0 Å². The van der Waals surface area contributed by atoms with Gasteiger partial charge in [0.15, 0.2) is 0 Å². The normalized spacial score (nSPS) is 32.2. The Labute approximate surface area is 257 Å². The molecule has 2 fully saturated rings. The number of aromatic hydroxyl groups is 1. The van der Waals surface area contributed by atoms with Crippen LogP contribution in [-0.4, -0.2) is 67.8 Å². The molecule has 0 amide bonds. The number of anilines is 1. The number of hydrogen-bond acceptors (Lipinski definition) is 8. The summed E-state index contributed by atoms with van der Waals surface area (Å²) >= 11 is 0. The summed E-state index contributed by atoms with van der Waals surface area (Å²) in [4.78, 5) is 25.8. The Kier molecular flexibility index (Phi) is 11.4. The van der Waals surface area contributed by atoms with E-state index >= 15 is 0 Å². The van der Waals surface area contributed by atoms with Gasteiger partial charge in [-0.05, 0) is 94.2 Å². The molecule has 1 aromatic rings. The second-order valence-electron chi connectivity index (χ2n) is 13.4. The molecule has 0 radical (unpaired) electrons. The van der Waals surface area contributed by atoms with Crippen LogP contribution in [0.25, 0.3) is 0 Å². The Morgan fingerprint density at radius 3 is 2.35 bits per heavy atom. The van der Waals surface area contributed by atoms with Crippen molar-refractivity contribution in [3.63, 3.8) is 0 Å².